The van der Waals surface area contributed by atoms with E-state index in [0.29, 0.717) is 10.0 Å². The van der Waals surface area contributed by atoms with E-state index in [1.54, 1.807) is 7.11 Å². The van der Waals surface area contributed by atoms with Crippen molar-refractivity contribution in [2.24, 2.45) is 0 Å². The Balaban J connectivity index is 2.23. The van der Waals surface area contributed by atoms with E-state index in [-0.39, 0.29) is 5.60 Å². The van der Waals surface area contributed by atoms with Crippen molar-refractivity contribution in [2.45, 2.75) is 12.0 Å². The Morgan fingerprint density at radius 1 is 1.33 bits per heavy atom. The lowest BCUT2D eigenvalue weighted by atomic mass is 9.89. The van der Waals surface area contributed by atoms with Crippen LogP contribution in [0.15, 0.2) is 18.2 Å². The van der Waals surface area contributed by atoms with Crippen LogP contribution in [0.1, 0.15) is 5.56 Å². The van der Waals surface area contributed by atoms with Crippen molar-refractivity contribution in [1.29, 1.82) is 0 Å². The highest BCUT2D eigenvalue weighted by molar-refractivity contribution is 6.36. The van der Waals surface area contributed by atoms with Gasteiger partial charge < -0.3 is 10.1 Å². The van der Waals surface area contributed by atoms with Crippen LogP contribution in [0.2, 0.25) is 10.0 Å². The molecule has 0 aliphatic carbocycles. The summed E-state index contributed by atoms with van der Waals surface area (Å²) in [7, 11) is 1.73. The summed E-state index contributed by atoms with van der Waals surface area (Å²) in [6.45, 7) is 1.70. The van der Waals surface area contributed by atoms with Crippen molar-refractivity contribution in [3.8, 4) is 0 Å². The molecule has 1 heterocycles. The van der Waals surface area contributed by atoms with Gasteiger partial charge in [0.2, 0.25) is 0 Å². The molecule has 0 aromatic heterocycles. The van der Waals surface area contributed by atoms with Crippen LogP contribution in [0.3, 0.4) is 0 Å². The molecule has 1 aromatic carbocycles. The molecule has 1 fully saturated rings. The van der Waals surface area contributed by atoms with Gasteiger partial charge in [-0.15, -0.1) is 0 Å². The van der Waals surface area contributed by atoms with Gasteiger partial charge in [-0.2, -0.15) is 0 Å². The summed E-state index contributed by atoms with van der Waals surface area (Å²) < 4.78 is 5.51. The Kier molecular flexibility index (Phi) is 3.21. The lowest BCUT2D eigenvalue weighted by Crippen LogP contribution is -2.61. The van der Waals surface area contributed by atoms with Crippen LogP contribution in [-0.2, 0) is 11.2 Å². The van der Waals surface area contributed by atoms with E-state index in [1.807, 2.05) is 18.2 Å². The number of ether oxygens (including phenoxy) is 1. The number of benzene rings is 1. The minimum absolute atomic E-state index is 0.130. The molecule has 82 valence electrons. The number of hydrogen-bond donors (Lipinski definition) is 1. The highest BCUT2D eigenvalue weighted by atomic mass is 35.5. The first-order valence-electron chi connectivity index (χ1n) is 4.86. The lowest BCUT2D eigenvalue weighted by Gasteiger charge is -2.41. The Morgan fingerprint density at radius 2 is 1.93 bits per heavy atom. The summed E-state index contributed by atoms with van der Waals surface area (Å²) in [6.07, 6.45) is 0.759. The third-order valence-electron chi connectivity index (χ3n) is 2.89. The molecule has 0 spiro atoms. The van der Waals surface area contributed by atoms with Gasteiger partial charge in [-0.1, -0.05) is 29.3 Å². The zero-order valence-electron chi connectivity index (χ0n) is 8.52. The average molecular weight is 246 g/mol. The molecule has 0 unspecified atom stereocenters. The summed E-state index contributed by atoms with van der Waals surface area (Å²) in [4.78, 5) is 0. The molecular weight excluding hydrogens is 233 g/mol. The van der Waals surface area contributed by atoms with Gasteiger partial charge in [-0.05, 0) is 17.7 Å². The summed E-state index contributed by atoms with van der Waals surface area (Å²) in [5.41, 5.74) is 0.846. The van der Waals surface area contributed by atoms with Crippen LogP contribution < -0.4 is 5.32 Å². The maximum atomic E-state index is 6.11. The fourth-order valence-corrected chi connectivity index (χ4v) is 2.30. The minimum Gasteiger partial charge on any atom is -0.375 e. The van der Waals surface area contributed by atoms with Gasteiger partial charge in [0.25, 0.3) is 0 Å². The maximum absolute atomic E-state index is 6.11. The number of hydrogen-bond acceptors (Lipinski definition) is 2. The van der Waals surface area contributed by atoms with E-state index >= 15 is 0 Å². The van der Waals surface area contributed by atoms with Crippen LogP contribution in [-0.4, -0.2) is 25.8 Å². The third kappa shape index (κ3) is 2.13. The highest BCUT2D eigenvalue weighted by Crippen LogP contribution is 2.30. The van der Waals surface area contributed by atoms with Crippen LogP contribution >= 0.6 is 23.2 Å². The van der Waals surface area contributed by atoms with Crippen molar-refractivity contribution < 1.29 is 4.74 Å². The van der Waals surface area contributed by atoms with Crippen molar-refractivity contribution in [3.63, 3.8) is 0 Å². The quantitative estimate of drug-likeness (QED) is 0.884. The third-order valence-corrected chi connectivity index (χ3v) is 3.60. The molecule has 1 saturated heterocycles. The number of methoxy groups -OCH3 is 1. The molecule has 0 bridgehead atoms. The number of rotatable bonds is 3. The average Bonchev–Trinajstić information content (AvgIpc) is 2.15. The molecule has 2 rings (SSSR count). The fourth-order valence-electron chi connectivity index (χ4n) is 1.77. The maximum Gasteiger partial charge on any atom is 0.0967 e. The Labute approximate surface area is 99.5 Å². The molecule has 0 radical (unpaired) electrons. The Hall–Kier alpha value is -0.280. The topological polar surface area (TPSA) is 21.3 Å². The summed E-state index contributed by atoms with van der Waals surface area (Å²) in [5, 5.41) is 4.63. The molecule has 1 aliphatic rings. The van der Waals surface area contributed by atoms with Crippen molar-refractivity contribution >= 4 is 23.2 Å². The Bertz CT molecular complexity index is 338. The van der Waals surface area contributed by atoms with Gasteiger partial charge in [0, 0.05) is 36.7 Å². The number of halogens is 2. The van der Waals surface area contributed by atoms with Crippen LogP contribution in [0, 0.1) is 0 Å². The SMILES string of the molecule is COC1(Cc2c(Cl)cccc2Cl)CNC1. The zero-order valence-corrected chi connectivity index (χ0v) is 10.0. The molecule has 1 N–H and O–H groups in total. The second kappa shape index (κ2) is 4.30. The van der Waals surface area contributed by atoms with Crippen LogP contribution in [0.5, 0.6) is 0 Å². The van der Waals surface area contributed by atoms with Crippen LogP contribution in [0.25, 0.3) is 0 Å². The van der Waals surface area contributed by atoms with E-state index in [4.69, 9.17) is 27.9 Å². The smallest absolute Gasteiger partial charge is 0.0967 e. The molecule has 0 saturated carbocycles. The van der Waals surface area contributed by atoms with Gasteiger partial charge >= 0.3 is 0 Å². The standard InChI is InChI=1S/C11H13Cl2NO/c1-15-11(6-14-7-11)5-8-9(12)3-2-4-10(8)13/h2-4,14H,5-7H2,1H3. The van der Waals surface area contributed by atoms with Crippen molar-refractivity contribution in [1.82, 2.24) is 5.32 Å². The molecule has 1 aliphatic heterocycles. The largest absolute Gasteiger partial charge is 0.375 e. The van der Waals surface area contributed by atoms with Gasteiger partial charge in [-0.3, -0.25) is 0 Å². The molecule has 0 amide bonds. The first-order valence-corrected chi connectivity index (χ1v) is 5.61. The van der Waals surface area contributed by atoms with Gasteiger partial charge in [0.15, 0.2) is 0 Å². The summed E-state index contributed by atoms with van der Waals surface area (Å²) >= 11 is 12.2. The predicted molar refractivity (Wildman–Crippen MR) is 62.8 cm³/mol. The summed E-state index contributed by atoms with van der Waals surface area (Å²) in [5.74, 6) is 0. The van der Waals surface area contributed by atoms with Crippen LogP contribution in [0.4, 0.5) is 0 Å². The van der Waals surface area contributed by atoms with Gasteiger partial charge in [0.1, 0.15) is 0 Å². The normalized spacial score (nSPS) is 18.6. The van der Waals surface area contributed by atoms with Gasteiger partial charge in [-0.25, -0.2) is 0 Å². The number of nitrogens with one attached hydrogen (secondary N) is 1. The second-order valence-electron chi connectivity index (χ2n) is 3.87. The van der Waals surface area contributed by atoms with Crippen molar-refractivity contribution in [3.05, 3.63) is 33.8 Å². The molecule has 0 atom stereocenters. The van der Waals surface area contributed by atoms with E-state index < -0.39 is 0 Å². The van der Waals surface area contributed by atoms with E-state index in [2.05, 4.69) is 5.32 Å². The van der Waals surface area contributed by atoms with Crippen molar-refractivity contribution in [2.75, 3.05) is 20.2 Å². The van der Waals surface area contributed by atoms with Gasteiger partial charge in [0.05, 0.1) is 5.60 Å². The second-order valence-corrected chi connectivity index (χ2v) is 4.68. The molecule has 1 aromatic rings. The predicted octanol–water partition coefficient (Wildman–Crippen LogP) is 2.52. The molecule has 2 nitrogen and oxygen atoms in total. The molecule has 15 heavy (non-hydrogen) atoms. The highest BCUT2D eigenvalue weighted by Gasteiger charge is 2.37. The molecular formula is C11H13Cl2NO. The van der Waals surface area contributed by atoms with E-state index in [0.717, 1.165) is 25.1 Å². The first-order chi connectivity index (χ1) is 7.17. The molecule has 4 heteroatoms. The summed E-state index contributed by atoms with van der Waals surface area (Å²) in [6, 6.07) is 5.57. The first kappa shape index (κ1) is 11.2. The zero-order chi connectivity index (χ0) is 10.9. The van der Waals surface area contributed by atoms with E-state index in [1.165, 1.54) is 0 Å². The fraction of sp³-hybridized carbons (Fsp3) is 0.455. The Morgan fingerprint density at radius 3 is 2.33 bits per heavy atom. The lowest BCUT2D eigenvalue weighted by molar-refractivity contribution is -0.0502. The minimum atomic E-state index is -0.130. The monoisotopic (exact) mass is 245 g/mol. The van der Waals surface area contributed by atoms with E-state index in [9.17, 15) is 0 Å².